The van der Waals surface area contributed by atoms with Crippen LogP contribution in [0.5, 0.6) is 5.75 Å². The molecule has 5 nitrogen and oxygen atoms in total. The number of aryl methyl sites for hydroxylation is 1. The molecule has 1 N–H and O–H groups in total. The van der Waals surface area contributed by atoms with E-state index < -0.39 is 0 Å². The van der Waals surface area contributed by atoms with Gasteiger partial charge < -0.3 is 14.5 Å². The van der Waals surface area contributed by atoms with Crippen LogP contribution in [0.25, 0.3) is 22.6 Å². The van der Waals surface area contributed by atoms with E-state index >= 15 is 0 Å². The second-order valence-electron chi connectivity index (χ2n) is 7.08. The standard InChI is InChI=1S/C25H24N2O3/c1-3-15-29-21-12-8-18(9-13-21)24(28)26-20-10-6-19(7-11-20)25-27-22-16-17(4-2)5-14-23(22)30-25/h5-14,16H,3-4,15H2,1-2H3,(H,26,28). The number of ether oxygens (including phenoxy) is 1. The van der Waals surface area contributed by atoms with Crippen LogP contribution in [-0.2, 0) is 6.42 Å². The lowest BCUT2D eigenvalue weighted by Crippen LogP contribution is -2.11. The van der Waals surface area contributed by atoms with E-state index in [4.69, 9.17) is 9.15 Å². The summed E-state index contributed by atoms with van der Waals surface area (Å²) >= 11 is 0. The molecule has 4 rings (SSSR count). The Labute approximate surface area is 175 Å². The molecule has 0 fully saturated rings. The first-order chi connectivity index (χ1) is 14.7. The maximum absolute atomic E-state index is 12.5. The van der Waals surface area contributed by atoms with Crippen molar-refractivity contribution in [3.05, 3.63) is 77.9 Å². The highest BCUT2D eigenvalue weighted by Crippen LogP contribution is 2.26. The van der Waals surface area contributed by atoms with Gasteiger partial charge in [-0.25, -0.2) is 4.98 Å². The molecule has 5 heteroatoms. The van der Waals surface area contributed by atoms with Gasteiger partial charge in [0.15, 0.2) is 5.58 Å². The van der Waals surface area contributed by atoms with Crippen LogP contribution in [0.3, 0.4) is 0 Å². The SMILES string of the molecule is CCCOc1ccc(C(=O)Nc2ccc(-c3nc4cc(CC)ccc4o3)cc2)cc1. The molecule has 0 bridgehead atoms. The first-order valence-electron chi connectivity index (χ1n) is 10.2. The van der Waals surface area contributed by atoms with E-state index in [1.165, 1.54) is 5.56 Å². The van der Waals surface area contributed by atoms with E-state index in [1.54, 1.807) is 12.1 Å². The first-order valence-corrected chi connectivity index (χ1v) is 10.2. The topological polar surface area (TPSA) is 64.4 Å². The van der Waals surface area contributed by atoms with Crippen molar-refractivity contribution in [1.29, 1.82) is 0 Å². The van der Waals surface area contributed by atoms with Crippen LogP contribution in [0.1, 0.15) is 36.2 Å². The molecule has 0 radical (unpaired) electrons. The largest absolute Gasteiger partial charge is 0.494 e. The smallest absolute Gasteiger partial charge is 0.255 e. The van der Waals surface area contributed by atoms with Crippen molar-refractivity contribution in [3.63, 3.8) is 0 Å². The van der Waals surface area contributed by atoms with E-state index in [0.717, 1.165) is 35.3 Å². The molecule has 1 aromatic heterocycles. The number of rotatable bonds is 7. The Morgan fingerprint density at radius 3 is 2.47 bits per heavy atom. The number of oxazole rings is 1. The van der Waals surface area contributed by atoms with Gasteiger partial charge in [0.25, 0.3) is 5.91 Å². The highest BCUT2D eigenvalue weighted by Gasteiger charge is 2.10. The molecule has 4 aromatic rings. The molecule has 0 aliphatic rings. The fourth-order valence-electron chi connectivity index (χ4n) is 3.14. The third kappa shape index (κ3) is 4.35. The highest BCUT2D eigenvalue weighted by atomic mass is 16.5. The van der Waals surface area contributed by atoms with Crippen molar-refractivity contribution >= 4 is 22.7 Å². The Hall–Kier alpha value is -3.60. The van der Waals surface area contributed by atoms with Crippen LogP contribution >= 0.6 is 0 Å². The van der Waals surface area contributed by atoms with Gasteiger partial charge in [0, 0.05) is 16.8 Å². The molecule has 0 aliphatic heterocycles. The summed E-state index contributed by atoms with van der Waals surface area (Å²) in [5, 5.41) is 2.91. The van der Waals surface area contributed by atoms with Gasteiger partial charge in [-0.15, -0.1) is 0 Å². The number of amides is 1. The molecule has 30 heavy (non-hydrogen) atoms. The molecule has 0 saturated carbocycles. The Balaban J connectivity index is 1.45. The van der Waals surface area contributed by atoms with Gasteiger partial charge in [0.1, 0.15) is 11.3 Å². The normalized spacial score (nSPS) is 10.9. The molecular formula is C25H24N2O3. The van der Waals surface area contributed by atoms with E-state index in [1.807, 2.05) is 42.5 Å². The molecule has 3 aromatic carbocycles. The summed E-state index contributed by atoms with van der Waals surface area (Å²) in [5.74, 6) is 1.17. The zero-order chi connectivity index (χ0) is 20.9. The zero-order valence-electron chi connectivity index (χ0n) is 17.1. The number of carbonyl (C=O) groups is 1. The van der Waals surface area contributed by atoms with Gasteiger partial charge in [-0.3, -0.25) is 4.79 Å². The van der Waals surface area contributed by atoms with Crippen molar-refractivity contribution in [1.82, 2.24) is 4.98 Å². The van der Waals surface area contributed by atoms with Crippen molar-refractivity contribution in [2.45, 2.75) is 26.7 Å². The van der Waals surface area contributed by atoms with E-state index in [9.17, 15) is 4.79 Å². The minimum Gasteiger partial charge on any atom is -0.494 e. The van der Waals surface area contributed by atoms with E-state index in [0.29, 0.717) is 23.7 Å². The Kier molecular flexibility index (Phi) is 5.80. The molecule has 0 aliphatic carbocycles. The monoisotopic (exact) mass is 400 g/mol. The molecule has 0 unspecified atom stereocenters. The molecule has 0 saturated heterocycles. The van der Waals surface area contributed by atoms with Gasteiger partial charge >= 0.3 is 0 Å². The van der Waals surface area contributed by atoms with Crippen LogP contribution in [0.15, 0.2) is 71.1 Å². The Morgan fingerprint density at radius 2 is 1.77 bits per heavy atom. The van der Waals surface area contributed by atoms with Gasteiger partial charge in [-0.05, 0) is 79.1 Å². The lowest BCUT2D eigenvalue weighted by molar-refractivity contribution is 0.102. The maximum Gasteiger partial charge on any atom is 0.255 e. The van der Waals surface area contributed by atoms with Gasteiger partial charge in [-0.2, -0.15) is 0 Å². The Bertz CT molecular complexity index is 1150. The number of fused-ring (bicyclic) bond motifs is 1. The summed E-state index contributed by atoms with van der Waals surface area (Å²) < 4.78 is 11.4. The predicted molar refractivity (Wildman–Crippen MR) is 119 cm³/mol. The number of hydrogen-bond acceptors (Lipinski definition) is 4. The average molecular weight is 400 g/mol. The Morgan fingerprint density at radius 1 is 1.00 bits per heavy atom. The van der Waals surface area contributed by atoms with Gasteiger partial charge in [0.2, 0.25) is 5.89 Å². The van der Waals surface area contributed by atoms with Crippen LogP contribution in [0, 0.1) is 0 Å². The van der Waals surface area contributed by atoms with Crippen LogP contribution in [0.2, 0.25) is 0 Å². The quantitative estimate of drug-likeness (QED) is 0.407. The number of nitrogens with one attached hydrogen (secondary N) is 1. The number of benzene rings is 3. The van der Waals surface area contributed by atoms with Gasteiger partial charge in [0.05, 0.1) is 6.61 Å². The first kappa shape index (κ1) is 19.7. The zero-order valence-corrected chi connectivity index (χ0v) is 17.1. The predicted octanol–water partition coefficient (Wildman–Crippen LogP) is 6.10. The maximum atomic E-state index is 12.5. The van der Waals surface area contributed by atoms with Crippen LogP contribution in [0.4, 0.5) is 5.69 Å². The van der Waals surface area contributed by atoms with Crippen molar-refractivity contribution in [2.24, 2.45) is 0 Å². The number of hydrogen-bond donors (Lipinski definition) is 1. The van der Waals surface area contributed by atoms with E-state index in [-0.39, 0.29) is 5.91 Å². The van der Waals surface area contributed by atoms with Crippen molar-refractivity contribution in [2.75, 3.05) is 11.9 Å². The third-order valence-corrected chi connectivity index (χ3v) is 4.84. The van der Waals surface area contributed by atoms with Crippen LogP contribution in [-0.4, -0.2) is 17.5 Å². The van der Waals surface area contributed by atoms with Crippen molar-refractivity contribution in [3.8, 4) is 17.2 Å². The third-order valence-electron chi connectivity index (χ3n) is 4.84. The van der Waals surface area contributed by atoms with E-state index in [2.05, 4.69) is 36.3 Å². The minimum atomic E-state index is -0.168. The fourth-order valence-corrected chi connectivity index (χ4v) is 3.14. The summed E-state index contributed by atoms with van der Waals surface area (Å²) in [7, 11) is 0. The molecule has 152 valence electrons. The summed E-state index contributed by atoms with van der Waals surface area (Å²) in [6.07, 6.45) is 1.91. The molecule has 0 spiro atoms. The number of carbonyl (C=O) groups excluding carboxylic acids is 1. The number of nitrogens with zero attached hydrogens (tertiary/aromatic N) is 1. The number of anilines is 1. The molecule has 1 heterocycles. The summed E-state index contributed by atoms with van der Waals surface area (Å²) in [6, 6.07) is 20.7. The second-order valence-corrected chi connectivity index (χ2v) is 7.08. The summed E-state index contributed by atoms with van der Waals surface area (Å²) in [6.45, 7) is 4.83. The van der Waals surface area contributed by atoms with Crippen molar-refractivity contribution < 1.29 is 13.9 Å². The van der Waals surface area contributed by atoms with Gasteiger partial charge in [-0.1, -0.05) is 19.9 Å². The minimum absolute atomic E-state index is 0.168. The second kappa shape index (κ2) is 8.82. The highest BCUT2D eigenvalue weighted by molar-refractivity contribution is 6.04. The molecule has 0 atom stereocenters. The molecule has 1 amide bonds. The average Bonchev–Trinajstić information content (AvgIpc) is 3.21. The number of aromatic nitrogens is 1. The summed E-state index contributed by atoms with van der Waals surface area (Å²) in [5.41, 5.74) is 5.00. The summed E-state index contributed by atoms with van der Waals surface area (Å²) in [4.78, 5) is 17.1. The fraction of sp³-hybridized carbons (Fsp3) is 0.200. The lowest BCUT2D eigenvalue weighted by Gasteiger charge is -2.07. The lowest BCUT2D eigenvalue weighted by atomic mass is 10.1. The molecular weight excluding hydrogens is 376 g/mol. The van der Waals surface area contributed by atoms with Crippen LogP contribution < -0.4 is 10.1 Å².